The molecule has 1 atom stereocenters. The highest BCUT2D eigenvalue weighted by Gasteiger charge is 1.97. The zero-order valence-electron chi connectivity index (χ0n) is 5.64. The van der Waals surface area contributed by atoms with E-state index >= 15 is 0 Å². The van der Waals surface area contributed by atoms with E-state index in [1.807, 2.05) is 6.07 Å². The molecule has 0 aliphatic carbocycles. The summed E-state index contributed by atoms with van der Waals surface area (Å²) in [4.78, 5) is 10.2. The lowest BCUT2D eigenvalue weighted by Crippen LogP contribution is -2.24. The molecule has 0 radical (unpaired) electrons. The van der Waals surface area contributed by atoms with Gasteiger partial charge in [-0.05, 0) is 6.92 Å². The summed E-state index contributed by atoms with van der Waals surface area (Å²) >= 11 is 0. The maximum atomic E-state index is 10.2. The fourth-order valence-corrected chi connectivity index (χ4v) is 0.342. The minimum Gasteiger partial charge on any atom is -0.355 e. The molecule has 0 bridgehead atoms. The van der Waals surface area contributed by atoms with Gasteiger partial charge < -0.3 is 5.32 Å². The van der Waals surface area contributed by atoms with Gasteiger partial charge >= 0.3 is 0 Å². The van der Waals surface area contributed by atoms with E-state index in [1.54, 1.807) is 6.92 Å². The van der Waals surface area contributed by atoms with E-state index in [1.165, 1.54) is 6.92 Å². The Bertz CT molecular complexity index is 136. The maximum Gasteiger partial charge on any atom is 0.216 e. The second-order valence-electron chi connectivity index (χ2n) is 1.97. The zero-order valence-corrected chi connectivity index (χ0v) is 5.64. The molecular weight excluding hydrogens is 116 g/mol. The van der Waals surface area contributed by atoms with Gasteiger partial charge in [0.25, 0.3) is 0 Å². The first kappa shape index (κ1) is 7.96. The first-order chi connectivity index (χ1) is 4.16. The largest absolute Gasteiger partial charge is 0.355 e. The molecule has 0 aliphatic heterocycles. The molecular formula is C6H10N2O. The number of hydrogen-bond donors (Lipinski definition) is 1. The van der Waals surface area contributed by atoms with Gasteiger partial charge in [-0.2, -0.15) is 5.26 Å². The van der Waals surface area contributed by atoms with Gasteiger partial charge in [0.2, 0.25) is 5.91 Å². The Kier molecular flexibility index (Phi) is 3.45. The van der Waals surface area contributed by atoms with Crippen molar-refractivity contribution in [2.45, 2.75) is 13.8 Å². The monoisotopic (exact) mass is 126 g/mol. The van der Waals surface area contributed by atoms with Gasteiger partial charge in [-0.25, -0.2) is 0 Å². The fraction of sp³-hybridized carbons (Fsp3) is 0.667. The first-order valence-corrected chi connectivity index (χ1v) is 2.81. The Morgan fingerprint density at radius 2 is 2.44 bits per heavy atom. The maximum absolute atomic E-state index is 10.2. The molecule has 0 unspecified atom stereocenters. The molecule has 50 valence electrons. The Hall–Kier alpha value is -1.04. The summed E-state index contributed by atoms with van der Waals surface area (Å²) in [6.07, 6.45) is 0. The number of amides is 1. The molecule has 0 aromatic heterocycles. The number of hydrogen-bond acceptors (Lipinski definition) is 2. The number of nitrogens with one attached hydrogen (secondary N) is 1. The third kappa shape index (κ3) is 4.82. The van der Waals surface area contributed by atoms with Crippen LogP contribution in [0.2, 0.25) is 0 Å². The van der Waals surface area contributed by atoms with E-state index in [0.29, 0.717) is 6.54 Å². The molecule has 0 spiro atoms. The van der Waals surface area contributed by atoms with Crippen molar-refractivity contribution in [3.63, 3.8) is 0 Å². The van der Waals surface area contributed by atoms with Gasteiger partial charge in [-0.3, -0.25) is 4.79 Å². The Morgan fingerprint density at radius 3 is 2.78 bits per heavy atom. The van der Waals surface area contributed by atoms with Crippen LogP contribution in [0.3, 0.4) is 0 Å². The normalized spacial score (nSPS) is 11.7. The van der Waals surface area contributed by atoms with Crippen molar-refractivity contribution in [2.75, 3.05) is 6.54 Å². The van der Waals surface area contributed by atoms with Gasteiger partial charge in [-0.15, -0.1) is 0 Å². The Labute approximate surface area is 54.7 Å². The summed E-state index contributed by atoms with van der Waals surface area (Å²) in [6, 6.07) is 2.01. The van der Waals surface area contributed by atoms with Crippen molar-refractivity contribution < 1.29 is 4.79 Å². The number of carbonyl (C=O) groups is 1. The SMILES string of the molecule is CC(=O)NC[C@H](C)C#N. The molecule has 3 heteroatoms. The summed E-state index contributed by atoms with van der Waals surface area (Å²) in [5.41, 5.74) is 0. The van der Waals surface area contributed by atoms with Crippen LogP contribution in [0.25, 0.3) is 0 Å². The second kappa shape index (κ2) is 3.90. The van der Waals surface area contributed by atoms with Gasteiger partial charge in [0.1, 0.15) is 0 Å². The Balaban J connectivity index is 3.30. The molecule has 1 amide bonds. The van der Waals surface area contributed by atoms with E-state index in [9.17, 15) is 4.79 Å². The lowest BCUT2D eigenvalue weighted by molar-refractivity contribution is -0.119. The molecule has 3 nitrogen and oxygen atoms in total. The first-order valence-electron chi connectivity index (χ1n) is 2.81. The molecule has 0 saturated carbocycles. The van der Waals surface area contributed by atoms with Crippen LogP contribution < -0.4 is 5.32 Å². The highest BCUT2D eigenvalue weighted by Crippen LogP contribution is 1.86. The minimum absolute atomic E-state index is 0.0860. The predicted octanol–water partition coefficient (Wildman–Crippen LogP) is 0.282. The van der Waals surface area contributed by atoms with Crippen molar-refractivity contribution >= 4 is 5.91 Å². The van der Waals surface area contributed by atoms with Crippen LogP contribution in [0.15, 0.2) is 0 Å². The third-order valence-corrected chi connectivity index (χ3v) is 0.878. The standard InChI is InChI=1S/C6H10N2O/c1-5(3-7)4-8-6(2)9/h5H,4H2,1-2H3,(H,8,9)/t5-/m1/s1. The second-order valence-corrected chi connectivity index (χ2v) is 1.97. The van der Waals surface area contributed by atoms with E-state index in [0.717, 1.165) is 0 Å². The van der Waals surface area contributed by atoms with Crippen LogP contribution in [0, 0.1) is 17.2 Å². The number of rotatable bonds is 2. The molecule has 0 aromatic rings. The van der Waals surface area contributed by atoms with Gasteiger partial charge in [0.05, 0.1) is 12.0 Å². The minimum atomic E-state index is -0.0890. The van der Waals surface area contributed by atoms with Crippen LogP contribution in [-0.2, 0) is 4.79 Å². The van der Waals surface area contributed by atoms with Crippen molar-refractivity contribution in [1.29, 1.82) is 5.26 Å². The van der Waals surface area contributed by atoms with Crippen LogP contribution in [0.5, 0.6) is 0 Å². The fourth-order valence-electron chi connectivity index (χ4n) is 0.342. The lowest BCUT2D eigenvalue weighted by Gasteiger charge is -2.00. The van der Waals surface area contributed by atoms with Crippen molar-refractivity contribution in [3.05, 3.63) is 0 Å². The van der Waals surface area contributed by atoms with Crippen molar-refractivity contribution in [1.82, 2.24) is 5.32 Å². The van der Waals surface area contributed by atoms with Gasteiger partial charge in [0.15, 0.2) is 0 Å². The Morgan fingerprint density at radius 1 is 1.89 bits per heavy atom. The number of nitrogens with zero attached hydrogens (tertiary/aromatic N) is 1. The van der Waals surface area contributed by atoms with Gasteiger partial charge in [0, 0.05) is 13.5 Å². The third-order valence-electron chi connectivity index (χ3n) is 0.878. The average Bonchev–Trinajstić information content (AvgIpc) is 1.83. The molecule has 1 N–H and O–H groups in total. The predicted molar refractivity (Wildman–Crippen MR) is 33.5 cm³/mol. The van der Waals surface area contributed by atoms with Crippen LogP contribution >= 0.6 is 0 Å². The molecule has 0 fully saturated rings. The number of carbonyl (C=O) groups excluding carboxylic acids is 1. The van der Waals surface area contributed by atoms with Crippen molar-refractivity contribution in [3.8, 4) is 6.07 Å². The van der Waals surface area contributed by atoms with Crippen molar-refractivity contribution in [2.24, 2.45) is 5.92 Å². The van der Waals surface area contributed by atoms with E-state index in [2.05, 4.69) is 5.32 Å². The average molecular weight is 126 g/mol. The quantitative estimate of drug-likeness (QED) is 0.577. The molecule has 9 heavy (non-hydrogen) atoms. The summed E-state index contributed by atoms with van der Waals surface area (Å²) in [5, 5.41) is 10.8. The highest BCUT2D eigenvalue weighted by atomic mass is 16.1. The van der Waals surface area contributed by atoms with Crippen LogP contribution in [-0.4, -0.2) is 12.5 Å². The van der Waals surface area contributed by atoms with Crippen LogP contribution in [0.1, 0.15) is 13.8 Å². The molecule has 0 aromatic carbocycles. The molecule has 0 aliphatic rings. The van der Waals surface area contributed by atoms with E-state index < -0.39 is 0 Å². The topological polar surface area (TPSA) is 52.9 Å². The zero-order chi connectivity index (χ0) is 7.28. The van der Waals surface area contributed by atoms with E-state index in [4.69, 9.17) is 5.26 Å². The molecule has 0 rings (SSSR count). The van der Waals surface area contributed by atoms with E-state index in [-0.39, 0.29) is 11.8 Å². The summed E-state index contributed by atoms with van der Waals surface area (Å²) in [7, 11) is 0. The molecule has 0 heterocycles. The van der Waals surface area contributed by atoms with Gasteiger partial charge in [-0.1, -0.05) is 0 Å². The summed E-state index contributed by atoms with van der Waals surface area (Å²) < 4.78 is 0. The lowest BCUT2D eigenvalue weighted by atomic mass is 10.2. The molecule has 0 saturated heterocycles. The highest BCUT2D eigenvalue weighted by molar-refractivity contribution is 5.72. The smallest absolute Gasteiger partial charge is 0.216 e. The number of nitriles is 1. The summed E-state index contributed by atoms with van der Waals surface area (Å²) in [5.74, 6) is -0.175. The summed E-state index contributed by atoms with van der Waals surface area (Å²) in [6.45, 7) is 3.64. The van der Waals surface area contributed by atoms with Crippen LogP contribution in [0.4, 0.5) is 0 Å².